The predicted octanol–water partition coefficient (Wildman–Crippen LogP) is -0.264. The smallest absolute Gasteiger partial charge is 0.267 e. The average molecular weight is 297 g/mol. The molecule has 0 atom stereocenters. The van der Waals surface area contributed by atoms with E-state index in [0.29, 0.717) is 18.8 Å². The van der Waals surface area contributed by atoms with Crippen LogP contribution in [-0.4, -0.2) is 48.1 Å². The number of ether oxygens (including phenoxy) is 1. The zero-order valence-corrected chi connectivity index (χ0v) is 11.5. The molecule has 8 heteroatoms. The summed E-state index contributed by atoms with van der Waals surface area (Å²) in [5.74, 6) is -0.149. The van der Waals surface area contributed by atoms with Crippen LogP contribution in [0.4, 0.5) is 0 Å². The SMILES string of the molecule is NC(=O)c1cc(OC2CN(S(=O)(=O)C3CC3)C2)ccn1. The third kappa shape index (κ3) is 2.48. The molecule has 0 unspecified atom stereocenters. The number of hydrogen-bond acceptors (Lipinski definition) is 5. The Hall–Kier alpha value is -1.67. The molecular formula is C12H15N3O4S. The van der Waals surface area contributed by atoms with Gasteiger partial charge >= 0.3 is 0 Å². The minimum atomic E-state index is -3.11. The summed E-state index contributed by atoms with van der Waals surface area (Å²) >= 11 is 0. The molecule has 0 bridgehead atoms. The van der Waals surface area contributed by atoms with Crippen LogP contribution < -0.4 is 10.5 Å². The van der Waals surface area contributed by atoms with E-state index >= 15 is 0 Å². The van der Waals surface area contributed by atoms with Crippen molar-refractivity contribution in [3.63, 3.8) is 0 Å². The molecule has 2 fully saturated rings. The number of amides is 1. The Morgan fingerprint density at radius 1 is 1.40 bits per heavy atom. The largest absolute Gasteiger partial charge is 0.488 e. The van der Waals surface area contributed by atoms with Gasteiger partial charge in [-0.25, -0.2) is 8.42 Å². The fourth-order valence-electron chi connectivity index (χ4n) is 2.07. The van der Waals surface area contributed by atoms with Crippen LogP contribution in [0.1, 0.15) is 23.3 Å². The van der Waals surface area contributed by atoms with Gasteiger partial charge < -0.3 is 10.5 Å². The van der Waals surface area contributed by atoms with Crippen LogP contribution in [0.2, 0.25) is 0 Å². The summed E-state index contributed by atoms with van der Waals surface area (Å²) in [6.07, 6.45) is 2.77. The van der Waals surface area contributed by atoms with E-state index in [2.05, 4.69) is 4.98 Å². The maximum Gasteiger partial charge on any atom is 0.267 e. The molecular weight excluding hydrogens is 282 g/mol. The van der Waals surface area contributed by atoms with E-state index in [1.54, 1.807) is 6.07 Å². The second-order valence-corrected chi connectivity index (χ2v) is 7.26. The second kappa shape index (κ2) is 4.71. The first-order valence-corrected chi connectivity index (χ1v) is 7.88. The van der Waals surface area contributed by atoms with Crippen molar-refractivity contribution in [3.8, 4) is 5.75 Å². The van der Waals surface area contributed by atoms with E-state index in [1.165, 1.54) is 16.6 Å². The molecule has 1 saturated heterocycles. The van der Waals surface area contributed by atoms with Crippen molar-refractivity contribution in [1.82, 2.24) is 9.29 Å². The van der Waals surface area contributed by atoms with Gasteiger partial charge in [-0.1, -0.05) is 0 Å². The first kappa shape index (κ1) is 13.3. The van der Waals surface area contributed by atoms with Gasteiger partial charge in [-0.15, -0.1) is 0 Å². The van der Waals surface area contributed by atoms with Gasteiger partial charge in [0.2, 0.25) is 10.0 Å². The van der Waals surface area contributed by atoms with E-state index in [9.17, 15) is 13.2 Å². The van der Waals surface area contributed by atoms with Crippen LogP contribution in [0.3, 0.4) is 0 Å². The van der Waals surface area contributed by atoms with Gasteiger partial charge in [0, 0.05) is 12.3 Å². The predicted molar refractivity (Wildman–Crippen MR) is 70.7 cm³/mol. The Balaban J connectivity index is 1.59. The molecule has 1 saturated carbocycles. The number of aromatic nitrogens is 1. The monoisotopic (exact) mass is 297 g/mol. The highest BCUT2D eigenvalue weighted by Crippen LogP contribution is 2.33. The van der Waals surface area contributed by atoms with Gasteiger partial charge in [-0.3, -0.25) is 9.78 Å². The first-order valence-electron chi connectivity index (χ1n) is 6.38. The number of hydrogen-bond donors (Lipinski definition) is 1. The molecule has 1 aromatic heterocycles. The van der Waals surface area contributed by atoms with Crippen molar-refractivity contribution in [3.05, 3.63) is 24.0 Å². The normalized spacial score (nSPS) is 20.4. The molecule has 2 N–H and O–H groups in total. The highest BCUT2D eigenvalue weighted by molar-refractivity contribution is 7.90. The highest BCUT2D eigenvalue weighted by Gasteiger charge is 2.45. The number of carbonyl (C=O) groups is 1. The Morgan fingerprint density at radius 3 is 2.70 bits per heavy atom. The van der Waals surface area contributed by atoms with Crippen LogP contribution in [-0.2, 0) is 10.0 Å². The van der Waals surface area contributed by atoms with Crippen molar-refractivity contribution in [2.45, 2.75) is 24.2 Å². The van der Waals surface area contributed by atoms with E-state index < -0.39 is 15.9 Å². The molecule has 2 aliphatic rings. The molecule has 0 aromatic carbocycles. The number of rotatable bonds is 5. The van der Waals surface area contributed by atoms with E-state index in [-0.39, 0.29) is 17.0 Å². The Morgan fingerprint density at radius 2 is 2.10 bits per heavy atom. The number of nitrogens with zero attached hydrogens (tertiary/aromatic N) is 2. The Kier molecular flexibility index (Phi) is 3.14. The average Bonchev–Trinajstić information content (AvgIpc) is 3.17. The van der Waals surface area contributed by atoms with Crippen molar-refractivity contribution >= 4 is 15.9 Å². The van der Waals surface area contributed by atoms with Gasteiger partial charge in [0.05, 0.1) is 18.3 Å². The summed E-state index contributed by atoms with van der Waals surface area (Å²) in [6, 6.07) is 3.07. The summed E-state index contributed by atoms with van der Waals surface area (Å²) in [4.78, 5) is 14.8. The summed E-state index contributed by atoms with van der Waals surface area (Å²) < 4.78 is 30.9. The Bertz CT molecular complexity index is 636. The van der Waals surface area contributed by atoms with Gasteiger partial charge in [0.15, 0.2) is 0 Å². The van der Waals surface area contributed by atoms with E-state index in [0.717, 1.165) is 12.8 Å². The van der Waals surface area contributed by atoms with Crippen molar-refractivity contribution in [2.24, 2.45) is 5.73 Å². The molecule has 1 aliphatic carbocycles. The minimum Gasteiger partial charge on any atom is -0.488 e. The molecule has 108 valence electrons. The third-order valence-corrected chi connectivity index (χ3v) is 5.74. The fourth-order valence-corrected chi connectivity index (χ4v) is 3.97. The maximum absolute atomic E-state index is 11.9. The molecule has 1 amide bonds. The quantitative estimate of drug-likeness (QED) is 0.806. The van der Waals surface area contributed by atoms with Crippen LogP contribution in [0.25, 0.3) is 0 Å². The lowest BCUT2D eigenvalue weighted by atomic mass is 10.2. The van der Waals surface area contributed by atoms with E-state index in [4.69, 9.17) is 10.5 Å². The summed E-state index contributed by atoms with van der Waals surface area (Å²) in [5, 5.41) is -0.189. The third-order valence-electron chi connectivity index (χ3n) is 3.41. The Labute approximate surface area is 116 Å². The van der Waals surface area contributed by atoms with Crippen molar-refractivity contribution < 1.29 is 17.9 Å². The highest BCUT2D eigenvalue weighted by atomic mass is 32.2. The molecule has 1 aromatic rings. The molecule has 0 spiro atoms. The van der Waals surface area contributed by atoms with Gasteiger partial charge in [-0.2, -0.15) is 4.31 Å². The zero-order chi connectivity index (χ0) is 14.3. The molecule has 20 heavy (non-hydrogen) atoms. The lowest BCUT2D eigenvalue weighted by Gasteiger charge is -2.37. The molecule has 3 rings (SSSR count). The van der Waals surface area contributed by atoms with Crippen LogP contribution in [0, 0.1) is 0 Å². The van der Waals surface area contributed by atoms with Gasteiger partial charge in [0.25, 0.3) is 5.91 Å². The van der Waals surface area contributed by atoms with Crippen molar-refractivity contribution in [1.29, 1.82) is 0 Å². The van der Waals surface area contributed by atoms with Crippen LogP contribution in [0.15, 0.2) is 18.3 Å². The standard InChI is InChI=1S/C12H15N3O4S/c13-12(16)11-5-8(3-4-14-11)19-9-6-15(7-9)20(17,18)10-1-2-10/h3-5,9-10H,1-2,6-7H2,(H2,13,16). The molecule has 0 radical (unpaired) electrons. The molecule has 7 nitrogen and oxygen atoms in total. The number of carbonyl (C=O) groups excluding carboxylic acids is 1. The van der Waals surface area contributed by atoms with E-state index in [1.807, 2.05) is 0 Å². The fraction of sp³-hybridized carbons (Fsp3) is 0.500. The van der Waals surface area contributed by atoms with Gasteiger partial charge in [-0.05, 0) is 18.9 Å². The number of nitrogens with two attached hydrogens (primary N) is 1. The number of primary amides is 1. The molecule has 2 heterocycles. The second-order valence-electron chi connectivity index (χ2n) is 5.04. The summed E-state index contributed by atoms with van der Waals surface area (Å²) in [7, 11) is -3.11. The summed E-state index contributed by atoms with van der Waals surface area (Å²) in [6.45, 7) is 0.708. The lowest BCUT2D eigenvalue weighted by Crippen LogP contribution is -2.56. The summed E-state index contributed by atoms with van der Waals surface area (Å²) in [5.41, 5.74) is 5.26. The number of sulfonamides is 1. The zero-order valence-electron chi connectivity index (χ0n) is 10.7. The minimum absolute atomic E-state index is 0.129. The van der Waals surface area contributed by atoms with Crippen LogP contribution >= 0.6 is 0 Å². The maximum atomic E-state index is 11.9. The first-order chi connectivity index (χ1) is 9.46. The lowest BCUT2D eigenvalue weighted by molar-refractivity contribution is 0.0757. The number of pyridine rings is 1. The molecule has 1 aliphatic heterocycles. The van der Waals surface area contributed by atoms with Gasteiger partial charge in [0.1, 0.15) is 17.5 Å². The van der Waals surface area contributed by atoms with Crippen LogP contribution in [0.5, 0.6) is 5.75 Å². The topological polar surface area (TPSA) is 103 Å². The van der Waals surface area contributed by atoms with Crippen molar-refractivity contribution in [2.75, 3.05) is 13.1 Å².